The molecule has 0 spiro atoms. The zero-order valence-corrected chi connectivity index (χ0v) is 15.7. The Morgan fingerprint density at radius 2 is 1.89 bits per heavy atom. The van der Waals surface area contributed by atoms with Crippen LogP contribution in [0.15, 0.2) is 48.5 Å². The molecule has 1 N–H and O–H groups in total. The highest BCUT2D eigenvalue weighted by Gasteiger charge is 2.24. The van der Waals surface area contributed by atoms with Gasteiger partial charge in [-0.3, -0.25) is 9.69 Å². The van der Waals surface area contributed by atoms with E-state index in [1.807, 2.05) is 24.3 Å². The lowest BCUT2D eigenvalue weighted by molar-refractivity contribution is -0.906. The number of halogens is 1. The number of anilines is 1. The largest absolute Gasteiger partial charge is 0.370 e. The molecule has 0 saturated carbocycles. The number of fused-ring (bicyclic) bond motifs is 1. The monoisotopic (exact) mass is 386 g/mol. The molecule has 2 heterocycles. The first-order chi connectivity index (χ1) is 13.2. The summed E-state index contributed by atoms with van der Waals surface area (Å²) >= 11 is 1.50. The highest BCUT2D eigenvalue weighted by atomic mass is 32.1. The van der Waals surface area contributed by atoms with Crippen LogP contribution < -0.4 is 9.80 Å². The van der Waals surface area contributed by atoms with E-state index in [1.54, 1.807) is 4.90 Å². The van der Waals surface area contributed by atoms with E-state index in [9.17, 15) is 9.18 Å². The van der Waals surface area contributed by atoms with Crippen molar-refractivity contribution in [3.63, 3.8) is 0 Å². The Hall–Kier alpha value is -2.35. The first kappa shape index (κ1) is 18.0. The molecule has 0 aliphatic carbocycles. The third-order valence-corrected chi connectivity index (χ3v) is 5.80. The summed E-state index contributed by atoms with van der Waals surface area (Å²) in [6.07, 6.45) is 0. The third kappa shape index (κ3) is 4.16. The zero-order valence-electron chi connectivity index (χ0n) is 14.9. The minimum absolute atomic E-state index is 0.151. The molecule has 4 rings (SSSR count). The van der Waals surface area contributed by atoms with Gasteiger partial charge in [0.2, 0.25) is 0 Å². The van der Waals surface area contributed by atoms with Gasteiger partial charge in [0.15, 0.2) is 5.13 Å². The summed E-state index contributed by atoms with van der Waals surface area (Å²) < 4.78 is 19.7. The topological polar surface area (TPSA) is 46.9 Å². The molecule has 140 valence electrons. The van der Waals surface area contributed by atoms with Gasteiger partial charge in [-0.05, 0) is 36.4 Å². The maximum absolute atomic E-state index is 13.3. The lowest BCUT2D eigenvalue weighted by Crippen LogP contribution is -3.14. The first-order valence-corrected chi connectivity index (χ1v) is 9.87. The number of carbonyl (C=O) groups is 1. The number of benzene rings is 2. The number of ether oxygens (including phenoxy) is 1. The second-order valence-electron chi connectivity index (χ2n) is 6.54. The Kier molecular flexibility index (Phi) is 5.42. The fraction of sp³-hybridized carbons (Fsp3) is 0.300. The van der Waals surface area contributed by atoms with Crippen molar-refractivity contribution in [2.24, 2.45) is 0 Å². The maximum Gasteiger partial charge on any atom is 0.260 e. The van der Waals surface area contributed by atoms with E-state index in [0.717, 1.165) is 43.1 Å². The van der Waals surface area contributed by atoms with Crippen LogP contribution in [-0.2, 0) is 4.74 Å². The van der Waals surface area contributed by atoms with Crippen LogP contribution in [0.2, 0.25) is 0 Å². The molecule has 1 aromatic heterocycles. The van der Waals surface area contributed by atoms with E-state index in [1.165, 1.54) is 40.5 Å². The molecule has 2 aromatic carbocycles. The second kappa shape index (κ2) is 8.12. The van der Waals surface area contributed by atoms with E-state index in [-0.39, 0.29) is 11.7 Å². The molecule has 7 heteroatoms. The van der Waals surface area contributed by atoms with Crippen molar-refractivity contribution in [2.45, 2.75) is 0 Å². The molecule has 1 aliphatic heterocycles. The van der Waals surface area contributed by atoms with Gasteiger partial charge in [-0.25, -0.2) is 9.37 Å². The van der Waals surface area contributed by atoms with E-state index in [2.05, 4.69) is 4.98 Å². The molecule has 5 nitrogen and oxygen atoms in total. The van der Waals surface area contributed by atoms with Crippen molar-refractivity contribution in [1.82, 2.24) is 4.98 Å². The Morgan fingerprint density at radius 1 is 1.15 bits per heavy atom. The van der Waals surface area contributed by atoms with Crippen molar-refractivity contribution < 1.29 is 18.8 Å². The average Bonchev–Trinajstić information content (AvgIpc) is 3.13. The van der Waals surface area contributed by atoms with Crippen molar-refractivity contribution in [1.29, 1.82) is 0 Å². The number of nitrogens with zero attached hydrogens (tertiary/aromatic N) is 2. The second-order valence-corrected chi connectivity index (χ2v) is 7.55. The lowest BCUT2D eigenvalue weighted by atomic mass is 10.2. The molecule has 3 aromatic rings. The fourth-order valence-electron chi connectivity index (χ4n) is 3.19. The van der Waals surface area contributed by atoms with Gasteiger partial charge in [0.1, 0.15) is 18.9 Å². The number of aromatic nitrogens is 1. The van der Waals surface area contributed by atoms with E-state index in [0.29, 0.717) is 17.2 Å². The third-order valence-electron chi connectivity index (χ3n) is 4.74. The van der Waals surface area contributed by atoms with Crippen LogP contribution in [0.4, 0.5) is 9.52 Å². The van der Waals surface area contributed by atoms with Crippen LogP contribution in [0.3, 0.4) is 0 Å². The molecular formula is C20H21FN3O2S+. The minimum Gasteiger partial charge on any atom is -0.370 e. The van der Waals surface area contributed by atoms with Gasteiger partial charge in [-0.2, -0.15) is 0 Å². The zero-order chi connectivity index (χ0) is 18.6. The van der Waals surface area contributed by atoms with Gasteiger partial charge in [-0.1, -0.05) is 23.5 Å². The molecule has 0 unspecified atom stereocenters. The first-order valence-electron chi connectivity index (χ1n) is 9.05. The number of hydrogen-bond donors (Lipinski definition) is 1. The molecule has 0 radical (unpaired) electrons. The summed E-state index contributed by atoms with van der Waals surface area (Å²) in [7, 11) is 0. The highest BCUT2D eigenvalue weighted by molar-refractivity contribution is 7.22. The normalized spacial score (nSPS) is 15.1. The molecule has 0 bridgehead atoms. The lowest BCUT2D eigenvalue weighted by Gasteiger charge is -2.26. The van der Waals surface area contributed by atoms with E-state index >= 15 is 0 Å². The molecule has 27 heavy (non-hydrogen) atoms. The van der Waals surface area contributed by atoms with Crippen LogP contribution in [0, 0.1) is 5.82 Å². The average molecular weight is 386 g/mol. The standard InChI is InChI=1S/C20H20FN3O2S/c21-16-7-5-15(6-8-16)19(25)24(10-9-23-11-13-26-14-12-23)20-22-17-3-1-2-4-18(17)27-20/h1-8H,9-14H2/p+1. The van der Waals surface area contributed by atoms with Gasteiger partial charge in [0, 0.05) is 5.56 Å². The number of carbonyl (C=O) groups excluding carboxylic acids is 1. The molecule has 1 fully saturated rings. The molecule has 0 atom stereocenters. The number of nitrogens with one attached hydrogen (secondary N) is 1. The SMILES string of the molecule is O=C(c1ccc(F)cc1)N(CC[NH+]1CCOCC1)c1nc2ccccc2s1. The summed E-state index contributed by atoms with van der Waals surface area (Å²) in [5, 5.41) is 0.679. The smallest absolute Gasteiger partial charge is 0.260 e. The molecule has 1 aliphatic rings. The number of thiazole rings is 1. The number of morpholine rings is 1. The number of quaternary nitrogens is 1. The molecular weight excluding hydrogens is 365 g/mol. The summed E-state index contributed by atoms with van der Waals surface area (Å²) in [5.41, 5.74) is 1.35. The minimum atomic E-state index is -0.351. The summed E-state index contributed by atoms with van der Waals surface area (Å²) in [5.74, 6) is -0.502. The summed E-state index contributed by atoms with van der Waals surface area (Å²) in [6.45, 7) is 4.78. The summed E-state index contributed by atoms with van der Waals surface area (Å²) in [4.78, 5) is 20.9. The predicted molar refractivity (Wildman–Crippen MR) is 104 cm³/mol. The fourth-order valence-corrected chi connectivity index (χ4v) is 4.18. The van der Waals surface area contributed by atoms with Crippen molar-refractivity contribution >= 4 is 32.6 Å². The Labute approximate surface area is 161 Å². The van der Waals surface area contributed by atoms with Crippen LogP contribution >= 0.6 is 11.3 Å². The van der Waals surface area contributed by atoms with Crippen molar-refractivity contribution in [3.05, 3.63) is 59.9 Å². The van der Waals surface area contributed by atoms with Crippen molar-refractivity contribution in [2.75, 3.05) is 44.3 Å². The molecule has 1 amide bonds. The Bertz CT molecular complexity index is 889. The number of amides is 1. The predicted octanol–water partition coefficient (Wildman–Crippen LogP) is 2.00. The van der Waals surface area contributed by atoms with Gasteiger partial charge in [0.25, 0.3) is 5.91 Å². The quantitative estimate of drug-likeness (QED) is 0.730. The van der Waals surface area contributed by atoms with E-state index in [4.69, 9.17) is 4.74 Å². The van der Waals surface area contributed by atoms with Crippen molar-refractivity contribution in [3.8, 4) is 0 Å². The van der Waals surface area contributed by atoms with Gasteiger partial charge in [0.05, 0.1) is 36.5 Å². The number of hydrogen-bond acceptors (Lipinski definition) is 4. The molecule has 1 saturated heterocycles. The van der Waals surface area contributed by atoms with Crippen LogP contribution in [0.5, 0.6) is 0 Å². The highest BCUT2D eigenvalue weighted by Crippen LogP contribution is 2.29. The Morgan fingerprint density at radius 3 is 2.63 bits per heavy atom. The van der Waals surface area contributed by atoms with Crippen LogP contribution in [0.25, 0.3) is 10.2 Å². The number of para-hydroxylation sites is 1. The van der Waals surface area contributed by atoms with E-state index < -0.39 is 0 Å². The Balaban J connectivity index is 1.61. The van der Waals surface area contributed by atoms with Gasteiger partial charge < -0.3 is 9.64 Å². The van der Waals surface area contributed by atoms with Gasteiger partial charge in [-0.15, -0.1) is 0 Å². The van der Waals surface area contributed by atoms with Gasteiger partial charge >= 0.3 is 0 Å². The maximum atomic E-state index is 13.3. The number of rotatable bonds is 5. The van der Waals surface area contributed by atoms with Crippen LogP contribution in [-0.4, -0.2) is 50.3 Å². The summed E-state index contributed by atoms with van der Waals surface area (Å²) in [6, 6.07) is 13.5. The van der Waals surface area contributed by atoms with Crippen LogP contribution in [0.1, 0.15) is 10.4 Å².